The number of sulfonamides is 1. The zero-order chi connectivity index (χ0) is 27.6. The van der Waals surface area contributed by atoms with Crippen LogP contribution in [0.15, 0.2) is 46.9 Å². The molecule has 37 heavy (non-hydrogen) atoms. The van der Waals surface area contributed by atoms with Gasteiger partial charge in [0.1, 0.15) is 16.4 Å². The first-order valence-corrected chi connectivity index (χ1v) is 13.5. The van der Waals surface area contributed by atoms with E-state index in [1.165, 1.54) is 38.5 Å². The van der Waals surface area contributed by atoms with Gasteiger partial charge in [-0.3, -0.25) is 4.79 Å². The summed E-state index contributed by atoms with van der Waals surface area (Å²) in [5.41, 5.74) is 3.62. The number of carbonyl (C=O) groups excluding carboxylic acids is 1. The van der Waals surface area contributed by atoms with E-state index >= 15 is 0 Å². The number of carbonyl (C=O) groups is 1. The van der Waals surface area contributed by atoms with E-state index in [0.717, 1.165) is 16.7 Å². The molecule has 0 bridgehead atoms. The Kier molecular flexibility index (Phi) is 11.8. The molecule has 2 rings (SSSR count). The molecule has 0 aliphatic rings. The van der Waals surface area contributed by atoms with E-state index in [4.69, 9.17) is 35.7 Å². The lowest BCUT2D eigenvalue weighted by molar-refractivity contribution is 0.0503. The quantitative estimate of drug-likeness (QED) is 0.116. The number of rotatable bonds is 14. The summed E-state index contributed by atoms with van der Waals surface area (Å²) in [5.74, 6) is 0.614. The van der Waals surface area contributed by atoms with Crippen LogP contribution in [0.4, 0.5) is 0 Å². The van der Waals surface area contributed by atoms with Crippen molar-refractivity contribution in [3.63, 3.8) is 0 Å². The summed E-state index contributed by atoms with van der Waals surface area (Å²) in [4.78, 5) is 13.4. The van der Waals surface area contributed by atoms with Crippen LogP contribution in [0.1, 0.15) is 47.3 Å². The zero-order valence-corrected chi connectivity index (χ0v) is 23.4. The molecule has 0 atom stereocenters. The van der Waals surface area contributed by atoms with E-state index in [2.05, 4.69) is 6.08 Å². The van der Waals surface area contributed by atoms with Crippen molar-refractivity contribution in [3.8, 4) is 11.5 Å². The predicted molar refractivity (Wildman–Crippen MR) is 145 cm³/mol. The molecule has 8 nitrogen and oxygen atoms in total. The highest BCUT2D eigenvalue weighted by Crippen LogP contribution is 2.36. The van der Waals surface area contributed by atoms with Gasteiger partial charge in [0, 0.05) is 32.5 Å². The maximum absolute atomic E-state index is 13.6. The van der Waals surface area contributed by atoms with Gasteiger partial charge in [0.15, 0.2) is 12.6 Å². The van der Waals surface area contributed by atoms with Crippen LogP contribution in [-0.4, -0.2) is 48.9 Å². The molecule has 2 N–H and O–H groups in total. The first kappa shape index (κ1) is 30.5. The number of methoxy groups -OCH3 is 3. The van der Waals surface area contributed by atoms with Crippen molar-refractivity contribution in [1.29, 1.82) is 0 Å². The molecule has 10 heteroatoms. The normalized spacial score (nSPS) is 11.5. The molecule has 0 heterocycles. The van der Waals surface area contributed by atoms with Crippen LogP contribution in [0.25, 0.3) is 6.08 Å². The van der Waals surface area contributed by atoms with Crippen LogP contribution in [0, 0.1) is 0 Å². The summed E-state index contributed by atoms with van der Waals surface area (Å²) >= 11 is 5.98. The molecule has 0 aromatic heterocycles. The van der Waals surface area contributed by atoms with Crippen molar-refractivity contribution < 1.29 is 32.2 Å². The van der Waals surface area contributed by atoms with Gasteiger partial charge in [0.25, 0.3) is 0 Å². The van der Waals surface area contributed by atoms with Crippen molar-refractivity contribution in [2.45, 2.75) is 38.0 Å². The average molecular weight is 552 g/mol. The Morgan fingerprint density at radius 3 is 2.38 bits per heavy atom. The number of halogens is 1. The zero-order valence-electron chi connectivity index (χ0n) is 21.8. The summed E-state index contributed by atoms with van der Waals surface area (Å²) in [7, 11) is 0.627. The molecular weight excluding hydrogens is 518 g/mol. The van der Waals surface area contributed by atoms with Crippen LogP contribution >= 0.6 is 11.6 Å². The number of benzene rings is 2. The minimum Gasteiger partial charge on any atom is -0.496 e. The van der Waals surface area contributed by atoms with Crippen molar-refractivity contribution in [1.82, 2.24) is 0 Å². The van der Waals surface area contributed by atoms with E-state index in [1.54, 1.807) is 19.2 Å². The number of primary sulfonamides is 1. The number of allylic oxidation sites excluding steroid dienone is 3. The van der Waals surface area contributed by atoms with Gasteiger partial charge in [-0.1, -0.05) is 35.4 Å². The average Bonchev–Trinajstić information content (AvgIpc) is 2.84. The third-order valence-corrected chi connectivity index (χ3v) is 6.84. The van der Waals surface area contributed by atoms with E-state index in [9.17, 15) is 13.2 Å². The SMILES string of the molecule is COCCCc1c(CC=C(C)C)c(OCOC)cc(OC)c1C(=O)/C=C/c1ccc(Cl)c(S(N)(=O)=O)c1. The third-order valence-electron chi connectivity index (χ3n) is 5.45. The Balaban J connectivity index is 2.65. The molecule has 0 radical (unpaired) electrons. The molecule has 0 fully saturated rings. The summed E-state index contributed by atoms with van der Waals surface area (Å²) in [5, 5.41) is 5.25. The van der Waals surface area contributed by atoms with E-state index in [0.29, 0.717) is 48.5 Å². The molecule has 2 aromatic rings. The fourth-order valence-electron chi connectivity index (χ4n) is 3.71. The highest BCUT2D eigenvalue weighted by molar-refractivity contribution is 7.89. The van der Waals surface area contributed by atoms with Gasteiger partial charge in [-0.15, -0.1) is 0 Å². The fourth-order valence-corrected chi connectivity index (χ4v) is 4.79. The van der Waals surface area contributed by atoms with Crippen LogP contribution in [0.2, 0.25) is 5.02 Å². The Bertz CT molecular complexity index is 1270. The van der Waals surface area contributed by atoms with Crippen LogP contribution in [-0.2, 0) is 32.3 Å². The molecule has 0 saturated heterocycles. The largest absolute Gasteiger partial charge is 0.496 e. The highest BCUT2D eigenvalue weighted by Gasteiger charge is 2.23. The van der Waals surface area contributed by atoms with Gasteiger partial charge in [-0.05, 0) is 62.4 Å². The highest BCUT2D eigenvalue weighted by atomic mass is 35.5. The second-order valence-electron chi connectivity index (χ2n) is 8.47. The standard InChI is InChI=1S/C27H34ClNO7S/c1-18(2)8-11-20-21(7-6-14-33-3)27(25(35-5)16-24(20)36-17-34-4)23(30)13-10-19-9-12-22(28)26(15-19)37(29,31)32/h8-10,12-13,15-16H,6-7,11,14,17H2,1-5H3,(H2,29,31,32)/b13-10+. The maximum atomic E-state index is 13.6. The Morgan fingerprint density at radius 2 is 1.78 bits per heavy atom. The summed E-state index contributed by atoms with van der Waals surface area (Å²) in [6.07, 6.45) is 6.71. The molecule has 2 aromatic carbocycles. The first-order chi connectivity index (χ1) is 17.5. The molecule has 0 aliphatic heterocycles. The van der Waals surface area contributed by atoms with E-state index in [-0.39, 0.29) is 22.5 Å². The number of hydrogen-bond donors (Lipinski definition) is 1. The number of ether oxygens (including phenoxy) is 4. The lowest BCUT2D eigenvalue weighted by atomic mass is 9.90. The number of hydrogen-bond acceptors (Lipinski definition) is 7. The monoisotopic (exact) mass is 551 g/mol. The van der Waals surface area contributed by atoms with Crippen molar-refractivity contribution in [2.24, 2.45) is 5.14 Å². The van der Waals surface area contributed by atoms with Crippen LogP contribution in [0.5, 0.6) is 11.5 Å². The smallest absolute Gasteiger partial charge is 0.239 e. The van der Waals surface area contributed by atoms with Gasteiger partial charge < -0.3 is 18.9 Å². The lowest BCUT2D eigenvalue weighted by Crippen LogP contribution is -2.13. The van der Waals surface area contributed by atoms with Crippen molar-refractivity contribution in [3.05, 3.63) is 69.3 Å². The van der Waals surface area contributed by atoms with Crippen LogP contribution in [0.3, 0.4) is 0 Å². The fraction of sp³-hybridized carbons (Fsp3) is 0.370. The van der Waals surface area contributed by atoms with Crippen LogP contribution < -0.4 is 14.6 Å². The molecule has 0 amide bonds. The molecule has 0 spiro atoms. The first-order valence-electron chi connectivity index (χ1n) is 11.5. The Labute approximate surface area is 224 Å². The predicted octanol–water partition coefficient (Wildman–Crippen LogP) is 4.96. The van der Waals surface area contributed by atoms with Gasteiger partial charge in [0.2, 0.25) is 10.0 Å². The summed E-state index contributed by atoms with van der Waals surface area (Å²) < 4.78 is 45.5. The van der Waals surface area contributed by atoms with Gasteiger partial charge in [-0.2, -0.15) is 0 Å². The van der Waals surface area contributed by atoms with E-state index in [1.807, 2.05) is 13.8 Å². The van der Waals surface area contributed by atoms with Gasteiger partial charge in [-0.25, -0.2) is 13.6 Å². The third kappa shape index (κ3) is 8.69. The molecule has 0 saturated carbocycles. The van der Waals surface area contributed by atoms with Gasteiger partial charge >= 0.3 is 0 Å². The van der Waals surface area contributed by atoms with Gasteiger partial charge in [0.05, 0.1) is 17.7 Å². The van der Waals surface area contributed by atoms with E-state index < -0.39 is 10.0 Å². The summed E-state index contributed by atoms with van der Waals surface area (Å²) in [6.45, 7) is 4.55. The minimum atomic E-state index is -4.02. The molecule has 0 unspecified atom stereocenters. The molecular formula is C27H34ClNO7S. The lowest BCUT2D eigenvalue weighted by Gasteiger charge is -2.20. The maximum Gasteiger partial charge on any atom is 0.239 e. The second-order valence-corrected chi connectivity index (χ2v) is 10.4. The molecule has 202 valence electrons. The summed E-state index contributed by atoms with van der Waals surface area (Å²) in [6, 6.07) is 6.02. The molecule has 0 aliphatic carbocycles. The van der Waals surface area contributed by atoms with Crippen molar-refractivity contribution in [2.75, 3.05) is 34.7 Å². The minimum absolute atomic E-state index is 0.00337. The van der Waals surface area contributed by atoms with Crippen molar-refractivity contribution >= 4 is 33.5 Å². The number of ketones is 1. The Morgan fingerprint density at radius 1 is 1.05 bits per heavy atom. The topological polar surface area (TPSA) is 114 Å². The Hall–Kier alpha value is -2.69. The second kappa shape index (κ2) is 14.3. The number of nitrogens with two attached hydrogens (primary N) is 1.